The summed E-state index contributed by atoms with van der Waals surface area (Å²) in [6.45, 7) is 4.43. The minimum atomic E-state index is -1.37. The predicted octanol–water partition coefficient (Wildman–Crippen LogP) is 5.51. The lowest BCUT2D eigenvalue weighted by Crippen LogP contribution is -2.44. The molecule has 1 atom stereocenters. The van der Waals surface area contributed by atoms with Gasteiger partial charge in [-0.15, -0.1) is 0 Å². The summed E-state index contributed by atoms with van der Waals surface area (Å²) < 4.78 is 35.0. The van der Waals surface area contributed by atoms with Crippen molar-refractivity contribution in [3.05, 3.63) is 71.8 Å². The highest BCUT2D eigenvalue weighted by atomic mass is 31.2. The predicted molar refractivity (Wildman–Crippen MR) is 107 cm³/mol. The monoisotopic (exact) mass is 422 g/mol. The van der Waals surface area contributed by atoms with Gasteiger partial charge in [0, 0.05) is 0 Å². The standard InChI is InChI=1S/C20H24O6P2/c1-17(19-10-6-3-7-11-19)26-28-24-15-20(16-25-28)13-22-27(23-14-20)21-12-18-8-4-2-5-9-18/h2-11,17H,12-16H2,1H3. The molecule has 0 amide bonds. The lowest BCUT2D eigenvalue weighted by atomic mass is 9.93. The van der Waals surface area contributed by atoms with Gasteiger partial charge >= 0.3 is 17.2 Å². The van der Waals surface area contributed by atoms with Crippen LogP contribution >= 0.6 is 17.2 Å². The topological polar surface area (TPSA) is 55.4 Å². The van der Waals surface area contributed by atoms with Crippen LogP contribution in [0.25, 0.3) is 0 Å². The van der Waals surface area contributed by atoms with Crippen molar-refractivity contribution in [3.63, 3.8) is 0 Å². The van der Waals surface area contributed by atoms with Crippen molar-refractivity contribution >= 4 is 17.2 Å². The Morgan fingerprint density at radius 2 is 1.36 bits per heavy atom. The molecule has 150 valence electrons. The molecule has 2 heterocycles. The van der Waals surface area contributed by atoms with Crippen molar-refractivity contribution in [2.24, 2.45) is 5.41 Å². The second kappa shape index (κ2) is 9.71. The SMILES string of the molecule is CC(OP1OCC2(COP(OCc3ccccc3)OC2)CO1)c1ccccc1. The van der Waals surface area contributed by atoms with E-state index in [9.17, 15) is 0 Å². The third-order valence-electron chi connectivity index (χ3n) is 4.60. The largest absolute Gasteiger partial charge is 0.333 e. The van der Waals surface area contributed by atoms with Crippen LogP contribution in [0.15, 0.2) is 60.7 Å². The Bertz CT molecular complexity index is 714. The normalized spacial score (nSPS) is 28.9. The van der Waals surface area contributed by atoms with Gasteiger partial charge < -0.3 is 27.1 Å². The van der Waals surface area contributed by atoms with Crippen LogP contribution < -0.4 is 0 Å². The fourth-order valence-electron chi connectivity index (χ4n) is 2.83. The summed E-state index contributed by atoms with van der Waals surface area (Å²) in [5.74, 6) is 0. The van der Waals surface area contributed by atoms with E-state index in [1.807, 2.05) is 67.6 Å². The maximum atomic E-state index is 5.94. The van der Waals surface area contributed by atoms with Gasteiger partial charge in [-0.05, 0) is 18.1 Å². The molecule has 0 aliphatic carbocycles. The maximum absolute atomic E-state index is 5.94. The smallest absolute Gasteiger partial charge is 0.311 e. The van der Waals surface area contributed by atoms with Crippen LogP contribution in [0.1, 0.15) is 24.2 Å². The molecule has 6 nitrogen and oxygen atoms in total. The molecule has 2 saturated heterocycles. The summed E-state index contributed by atoms with van der Waals surface area (Å²) in [4.78, 5) is 0. The van der Waals surface area contributed by atoms with E-state index < -0.39 is 17.2 Å². The van der Waals surface area contributed by atoms with Gasteiger partial charge in [-0.3, -0.25) is 0 Å². The average molecular weight is 422 g/mol. The average Bonchev–Trinajstić information content (AvgIpc) is 2.76. The fraction of sp³-hybridized carbons (Fsp3) is 0.400. The maximum Gasteiger partial charge on any atom is 0.333 e. The molecular weight excluding hydrogens is 398 g/mol. The van der Waals surface area contributed by atoms with Gasteiger partial charge in [0.15, 0.2) is 0 Å². The van der Waals surface area contributed by atoms with Crippen molar-refractivity contribution in [1.82, 2.24) is 0 Å². The van der Waals surface area contributed by atoms with Crippen molar-refractivity contribution in [3.8, 4) is 0 Å². The van der Waals surface area contributed by atoms with Gasteiger partial charge in [-0.25, -0.2) is 0 Å². The summed E-state index contributed by atoms with van der Waals surface area (Å²) in [5, 5.41) is 0. The first-order chi connectivity index (χ1) is 13.7. The molecule has 0 radical (unpaired) electrons. The summed E-state index contributed by atoms with van der Waals surface area (Å²) in [5.41, 5.74) is 1.90. The first-order valence-corrected chi connectivity index (χ1v) is 11.4. The molecule has 1 spiro atoms. The number of rotatable bonds is 6. The van der Waals surface area contributed by atoms with E-state index in [1.54, 1.807) is 0 Å². The Morgan fingerprint density at radius 1 is 0.821 bits per heavy atom. The summed E-state index contributed by atoms with van der Waals surface area (Å²) >= 11 is 0. The van der Waals surface area contributed by atoms with Crippen molar-refractivity contribution in [1.29, 1.82) is 0 Å². The molecule has 2 fully saturated rings. The summed E-state index contributed by atoms with van der Waals surface area (Å²) in [6.07, 6.45) is -0.0839. The van der Waals surface area contributed by atoms with Crippen molar-refractivity contribution < 1.29 is 27.1 Å². The Balaban J connectivity index is 1.20. The first kappa shape index (κ1) is 20.3. The van der Waals surface area contributed by atoms with Crippen LogP contribution in [0.2, 0.25) is 0 Å². The quantitative estimate of drug-likeness (QED) is 0.572. The van der Waals surface area contributed by atoms with E-state index in [2.05, 4.69) is 0 Å². The lowest BCUT2D eigenvalue weighted by Gasteiger charge is -2.41. The highest BCUT2D eigenvalue weighted by Gasteiger charge is 2.44. The van der Waals surface area contributed by atoms with Crippen LogP contribution in [-0.4, -0.2) is 26.4 Å². The van der Waals surface area contributed by atoms with Crippen LogP contribution in [0.3, 0.4) is 0 Å². The van der Waals surface area contributed by atoms with E-state index in [4.69, 9.17) is 27.1 Å². The van der Waals surface area contributed by atoms with Gasteiger partial charge in [-0.2, -0.15) is 0 Å². The van der Waals surface area contributed by atoms with Crippen LogP contribution in [0, 0.1) is 5.41 Å². The first-order valence-electron chi connectivity index (χ1n) is 9.23. The highest BCUT2D eigenvalue weighted by molar-refractivity contribution is 7.42. The molecule has 1 unspecified atom stereocenters. The zero-order valence-electron chi connectivity index (χ0n) is 15.7. The summed E-state index contributed by atoms with van der Waals surface area (Å²) in [6, 6.07) is 20.0. The van der Waals surface area contributed by atoms with Gasteiger partial charge in [0.05, 0.1) is 44.6 Å². The Morgan fingerprint density at radius 3 is 1.96 bits per heavy atom. The molecule has 0 saturated carbocycles. The molecular formula is C20H24O6P2. The molecule has 2 aliphatic rings. The Kier molecular flexibility index (Phi) is 7.05. The minimum Gasteiger partial charge on any atom is -0.311 e. The Hall–Kier alpha value is -0.940. The number of benzene rings is 2. The molecule has 4 rings (SSSR count). The van der Waals surface area contributed by atoms with Crippen LogP contribution in [-0.2, 0) is 33.7 Å². The third kappa shape index (κ3) is 5.35. The Labute approximate surface area is 168 Å². The molecule has 2 aliphatic heterocycles. The van der Waals surface area contributed by atoms with E-state index in [0.717, 1.165) is 11.1 Å². The van der Waals surface area contributed by atoms with E-state index in [1.165, 1.54) is 0 Å². The molecule has 0 aromatic heterocycles. The highest BCUT2D eigenvalue weighted by Crippen LogP contribution is 2.54. The number of hydrogen-bond donors (Lipinski definition) is 0. The lowest BCUT2D eigenvalue weighted by molar-refractivity contribution is -0.0791. The molecule has 2 aromatic carbocycles. The molecule has 8 heteroatoms. The fourth-order valence-corrected chi connectivity index (χ4v) is 5.41. The zero-order valence-corrected chi connectivity index (χ0v) is 17.5. The van der Waals surface area contributed by atoms with E-state index >= 15 is 0 Å². The summed E-state index contributed by atoms with van der Waals surface area (Å²) in [7, 11) is -2.71. The van der Waals surface area contributed by atoms with Gasteiger partial charge in [0.25, 0.3) is 0 Å². The van der Waals surface area contributed by atoms with Gasteiger partial charge in [0.1, 0.15) is 0 Å². The van der Waals surface area contributed by atoms with Crippen molar-refractivity contribution in [2.45, 2.75) is 19.6 Å². The molecule has 0 bridgehead atoms. The van der Waals surface area contributed by atoms with Crippen LogP contribution in [0.5, 0.6) is 0 Å². The second-order valence-electron chi connectivity index (χ2n) is 6.96. The van der Waals surface area contributed by atoms with Crippen LogP contribution in [0.4, 0.5) is 0 Å². The minimum absolute atomic E-state index is 0.0839. The molecule has 28 heavy (non-hydrogen) atoms. The van der Waals surface area contributed by atoms with Gasteiger partial charge in [-0.1, -0.05) is 60.7 Å². The van der Waals surface area contributed by atoms with Gasteiger partial charge in [0.2, 0.25) is 0 Å². The molecule has 0 N–H and O–H groups in total. The number of hydrogen-bond acceptors (Lipinski definition) is 6. The second-order valence-corrected chi connectivity index (χ2v) is 9.35. The molecule has 2 aromatic rings. The third-order valence-corrected chi connectivity index (χ3v) is 6.79. The van der Waals surface area contributed by atoms with E-state index in [-0.39, 0.29) is 11.5 Å². The van der Waals surface area contributed by atoms with E-state index in [0.29, 0.717) is 33.0 Å². The zero-order chi connectivity index (χ0) is 19.2. The van der Waals surface area contributed by atoms with Crippen molar-refractivity contribution in [2.75, 3.05) is 26.4 Å².